The van der Waals surface area contributed by atoms with Gasteiger partial charge in [-0.3, -0.25) is 4.79 Å². The summed E-state index contributed by atoms with van der Waals surface area (Å²) in [4.78, 5) is 11.0. The Morgan fingerprint density at radius 3 is 3.21 bits per heavy atom. The Labute approximate surface area is 93.7 Å². The van der Waals surface area contributed by atoms with E-state index in [1.54, 1.807) is 11.8 Å². The van der Waals surface area contributed by atoms with E-state index in [9.17, 15) is 4.79 Å². The van der Waals surface area contributed by atoms with Gasteiger partial charge in [0.05, 0.1) is 17.7 Å². The van der Waals surface area contributed by atoms with Crippen molar-refractivity contribution in [2.24, 2.45) is 0 Å². The molecule has 14 heavy (non-hydrogen) atoms. The van der Waals surface area contributed by atoms with Crippen LogP contribution < -0.4 is 5.32 Å². The van der Waals surface area contributed by atoms with E-state index in [2.05, 4.69) is 5.32 Å². The fraction of sp³-hybridized carbons (Fsp3) is 0.889. The molecule has 3 nitrogen and oxygen atoms in total. The maximum Gasteiger partial charge on any atom is 0.315 e. The Bertz CT molecular complexity index is 172. The quantitative estimate of drug-likeness (QED) is 0.555. The first-order valence-electron chi connectivity index (χ1n) is 4.91. The van der Waals surface area contributed by atoms with Crippen molar-refractivity contribution in [1.82, 2.24) is 5.32 Å². The van der Waals surface area contributed by atoms with Gasteiger partial charge in [-0.15, -0.1) is 11.8 Å². The third-order valence-corrected chi connectivity index (χ3v) is 4.05. The van der Waals surface area contributed by atoms with Crippen molar-refractivity contribution >= 4 is 29.5 Å². The molecule has 0 aromatic heterocycles. The second-order valence-electron chi connectivity index (χ2n) is 2.96. The number of esters is 1. The van der Waals surface area contributed by atoms with Crippen molar-refractivity contribution in [2.45, 2.75) is 18.7 Å². The molecule has 1 N–H and O–H groups in total. The van der Waals surface area contributed by atoms with Gasteiger partial charge in [0.25, 0.3) is 0 Å². The molecule has 1 rings (SSSR count). The topological polar surface area (TPSA) is 38.3 Å². The van der Waals surface area contributed by atoms with Crippen LogP contribution >= 0.6 is 23.5 Å². The van der Waals surface area contributed by atoms with Gasteiger partial charge in [0.2, 0.25) is 0 Å². The SMILES string of the molecule is CCOC(=O)CSCCC1NCCS1. The van der Waals surface area contributed by atoms with Gasteiger partial charge in [-0.25, -0.2) is 0 Å². The predicted molar refractivity (Wildman–Crippen MR) is 62.8 cm³/mol. The van der Waals surface area contributed by atoms with E-state index in [4.69, 9.17) is 4.74 Å². The number of carbonyl (C=O) groups is 1. The number of rotatable bonds is 6. The zero-order chi connectivity index (χ0) is 10.2. The molecule has 0 saturated carbocycles. The van der Waals surface area contributed by atoms with Crippen LogP contribution in [0.25, 0.3) is 0 Å². The second-order valence-corrected chi connectivity index (χ2v) is 5.38. The number of nitrogens with one attached hydrogen (secondary N) is 1. The fourth-order valence-electron chi connectivity index (χ4n) is 1.21. The Hall–Kier alpha value is 0.130. The average Bonchev–Trinajstić information content (AvgIpc) is 2.65. The number of ether oxygens (including phenoxy) is 1. The van der Waals surface area contributed by atoms with Crippen molar-refractivity contribution < 1.29 is 9.53 Å². The lowest BCUT2D eigenvalue weighted by atomic mass is 10.5. The molecule has 1 heterocycles. The number of hydrogen-bond acceptors (Lipinski definition) is 5. The standard InChI is InChI=1S/C9H17NO2S2/c1-2-12-9(11)7-13-5-3-8-10-4-6-14-8/h8,10H,2-7H2,1H3. The van der Waals surface area contributed by atoms with Crippen LogP contribution in [0.4, 0.5) is 0 Å². The fourth-order valence-corrected chi connectivity index (χ4v) is 3.20. The molecule has 1 saturated heterocycles. The minimum absolute atomic E-state index is 0.0930. The molecule has 0 radical (unpaired) electrons. The van der Waals surface area contributed by atoms with E-state index in [1.165, 1.54) is 5.75 Å². The molecule has 0 aromatic carbocycles. The third-order valence-electron chi connectivity index (χ3n) is 1.84. The summed E-state index contributed by atoms with van der Waals surface area (Å²) in [6.45, 7) is 3.44. The van der Waals surface area contributed by atoms with E-state index in [0.717, 1.165) is 18.7 Å². The molecule has 0 amide bonds. The largest absolute Gasteiger partial charge is 0.465 e. The number of carbonyl (C=O) groups excluding carboxylic acids is 1. The summed E-state index contributed by atoms with van der Waals surface area (Å²) in [7, 11) is 0. The molecule has 0 bridgehead atoms. The van der Waals surface area contributed by atoms with Crippen LogP contribution in [0.5, 0.6) is 0 Å². The van der Waals surface area contributed by atoms with Gasteiger partial charge in [0.1, 0.15) is 0 Å². The van der Waals surface area contributed by atoms with Gasteiger partial charge in [0.15, 0.2) is 0 Å². The van der Waals surface area contributed by atoms with Crippen molar-refractivity contribution in [3.05, 3.63) is 0 Å². The van der Waals surface area contributed by atoms with E-state index in [0.29, 0.717) is 17.7 Å². The van der Waals surface area contributed by atoms with Gasteiger partial charge in [-0.05, 0) is 19.1 Å². The molecule has 1 aliphatic heterocycles. The minimum atomic E-state index is -0.0930. The minimum Gasteiger partial charge on any atom is -0.465 e. The first-order valence-corrected chi connectivity index (χ1v) is 7.11. The molecule has 0 aromatic rings. The summed E-state index contributed by atoms with van der Waals surface area (Å²) in [6, 6.07) is 0. The highest BCUT2D eigenvalue weighted by Crippen LogP contribution is 2.18. The molecule has 1 fully saturated rings. The highest BCUT2D eigenvalue weighted by atomic mass is 32.2. The van der Waals surface area contributed by atoms with E-state index < -0.39 is 0 Å². The van der Waals surface area contributed by atoms with Crippen molar-refractivity contribution in [3.8, 4) is 0 Å². The monoisotopic (exact) mass is 235 g/mol. The Balaban J connectivity index is 1.90. The normalized spacial score (nSPS) is 21.1. The number of hydrogen-bond donors (Lipinski definition) is 1. The molecule has 1 atom stereocenters. The highest BCUT2D eigenvalue weighted by molar-refractivity contribution is 8.00. The first kappa shape index (κ1) is 12.2. The predicted octanol–water partition coefficient (Wildman–Crippen LogP) is 1.34. The van der Waals surface area contributed by atoms with Crippen LogP contribution in [-0.4, -0.2) is 41.8 Å². The molecule has 0 aliphatic carbocycles. The average molecular weight is 235 g/mol. The number of thioether (sulfide) groups is 2. The summed E-state index contributed by atoms with van der Waals surface area (Å²) in [5.41, 5.74) is 0. The van der Waals surface area contributed by atoms with Gasteiger partial charge >= 0.3 is 5.97 Å². The van der Waals surface area contributed by atoms with E-state index >= 15 is 0 Å². The van der Waals surface area contributed by atoms with Gasteiger partial charge in [0, 0.05) is 12.3 Å². The lowest BCUT2D eigenvalue weighted by molar-refractivity contribution is -0.139. The highest BCUT2D eigenvalue weighted by Gasteiger charge is 2.13. The molecule has 1 unspecified atom stereocenters. The summed E-state index contributed by atoms with van der Waals surface area (Å²) in [5, 5.41) is 4.00. The van der Waals surface area contributed by atoms with E-state index in [1.807, 2.05) is 18.7 Å². The van der Waals surface area contributed by atoms with Crippen molar-refractivity contribution in [3.63, 3.8) is 0 Å². The zero-order valence-corrected chi connectivity index (χ0v) is 10.1. The first-order chi connectivity index (χ1) is 6.83. The van der Waals surface area contributed by atoms with Gasteiger partial charge in [-0.2, -0.15) is 11.8 Å². The Morgan fingerprint density at radius 2 is 2.57 bits per heavy atom. The molecule has 82 valence electrons. The second kappa shape index (κ2) is 7.43. The van der Waals surface area contributed by atoms with Crippen LogP contribution in [0.1, 0.15) is 13.3 Å². The lowest BCUT2D eigenvalue weighted by Crippen LogP contribution is -2.20. The Kier molecular flexibility index (Phi) is 6.47. The Morgan fingerprint density at radius 1 is 1.71 bits per heavy atom. The van der Waals surface area contributed by atoms with Crippen molar-refractivity contribution in [2.75, 3.05) is 30.4 Å². The molecule has 5 heteroatoms. The molecular weight excluding hydrogens is 218 g/mol. The molecular formula is C9H17NO2S2. The summed E-state index contributed by atoms with van der Waals surface area (Å²) >= 11 is 3.63. The third kappa shape index (κ3) is 5.12. The van der Waals surface area contributed by atoms with Crippen LogP contribution in [0.2, 0.25) is 0 Å². The van der Waals surface area contributed by atoms with E-state index in [-0.39, 0.29) is 5.97 Å². The van der Waals surface area contributed by atoms with Crippen LogP contribution in [0.15, 0.2) is 0 Å². The van der Waals surface area contributed by atoms with Crippen LogP contribution in [0, 0.1) is 0 Å². The van der Waals surface area contributed by atoms with Crippen LogP contribution in [-0.2, 0) is 9.53 Å². The van der Waals surface area contributed by atoms with Crippen LogP contribution in [0.3, 0.4) is 0 Å². The molecule has 0 spiro atoms. The summed E-state index contributed by atoms with van der Waals surface area (Å²) in [5.74, 6) is 2.64. The van der Waals surface area contributed by atoms with Gasteiger partial charge < -0.3 is 10.1 Å². The maximum absolute atomic E-state index is 11.0. The smallest absolute Gasteiger partial charge is 0.315 e. The summed E-state index contributed by atoms with van der Waals surface area (Å²) in [6.07, 6.45) is 1.13. The van der Waals surface area contributed by atoms with Crippen molar-refractivity contribution in [1.29, 1.82) is 0 Å². The van der Waals surface area contributed by atoms with Gasteiger partial charge in [-0.1, -0.05) is 0 Å². The molecule has 1 aliphatic rings. The maximum atomic E-state index is 11.0. The lowest BCUT2D eigenvalue weighted by Gasteiger charge is -2.08. The zero-order valence-electron chi connectivity index (χ0n) is 8.45. The summed E-state index contributed by atoms with van der Waals surface area (Å²) < 4.78 is 4.83.